The molecule has 168 valence electrons. The minimum Gasteiger partial charge on any atom is -0.504 e. The van der Waals surface area contributed by atoms with Crippen molar-refractivity contribution in [1.82, 2.24) is 10.2 Å². The number of phenols is 1. The number of nitrogens with one attached hydrogen (secondary N) is 1. The highest BCUT2D eigenvalue weighted by Crippen LogP contribution is 2.65. The molecule has 1 aromatic carbocycles. The zero-order chi connectivity index (χ0) is 21.5. The van der Waals surface area contributed by atoms with Crippen molar-refractivity contribution < 1.29 is 19.7 Å². The first kappa shape index (κ1) is 19.9. The van der Waals surface area contributed by atoms with Crippen molar-refractivity contribution in [3.8, 4) is 11.5 Å². The molecular formula is C25H34N2O4. The predicted octanol–water partition coefficient (Wildman–Crippen LogP) is 2.49. The molecule has 1 unspecified atom stereocenters. The third-order valence-corrected chi connectivity index (χ3v) is 9.15. The van der Waals surface area contributed by atoms with Crippen LogP contribution in [0.3, 0.4) is 0 Å². The number of amides is 1. The van der Waals surface area contributed by atoms with Crippen molar-refractivity contribution in [1.29, 1.82) is 0 Å². The maximum absolute atomic E-state index is 12.8. The van der Waals surface area contributed by atoms with E-state index < -0.39 is 11.0 Å². The van der Waals surface area contributed by atoms with Gasteiger partial charge in [-0.2, -0.15) is 0 Å². The average molecular weight is 427 g/mol. The van der Waals surface area contributed by atoms with Crippen LogP contribution in [0, 0.1) is 11.8 Å². The van der Waals surface area contributed by atoms with Crippen molar-refractivity contribution in [2.75, 3.05) is 13.1 Å². The number of hydrogen-bond acceptors (Lipinski definition) is 5. The van der Waals surface area contributed by atoms with E-state index in [2.05, 4.69) is 10.2 Å². The van der Waals surface area contributed by atoms with E-state index in [-0.39, 0.29) is 35.8 Å². The summed E-state index contributed by atoms with van der Waals surface area (Å²) in [5.41, 5.74) is 0.753. The van der Waals surface area contributed by atoms with Crippen molar-refractivity contribution in [2.45, 2.75) is 88.0 Å². The van der Waals surface area contributed by atoms with Crippen LogP contribution in [0.15, 0.2) is 12.1 Å². The van der Waals surface area contributed by atoms with Gasteiger partial charge in [0.25, 0.3) is 0 Å². The van der Waals surface area contributed by atoms with Gasteiger partial charge >= 0.3 is 0 Å². The van der Waals surface area contributed by atoms with Crippen LogP contribution in [-0.2, 0) is 16.6 Å². The van der Waals surface area contributed by atoms with Crippen LogP contribution in [0.5, 0.6) is 11.5 Å². The lowest BCUT2D eigenvalue weighted by molar-refractivity contribution is -0.192. The molecule has 2 bridgehead atoms. The lowest BCUT2D eigenvalue weighted by Gasteiger charge is -2.64. The van der Waals surface area contributed by atoms with E-state index in [9.17, 15) is 15.0 Å². The number of likely N-dealkylation sites (tertiary alicyclic amines) is 1. The largest absolute Gasteiger partial charge is 0.504 e. The molecule has 0 radical (unpaired) electrons. The number of benzene rings is 1. The zero-order valence-electron chi connectivity index (χ0n) is 18.6. The third kappa shape index (κ3) is 2.55. The Morgan fingerprint density at radius 2 is 2.13 bits per heavy atom. The quantitative estimate of drug-likeness (QED) is 0.674. The molecule has 1 spiro atoms. The number of aromatic hydroxyl groups is 1. The van der Waals surface area contributed by atoms with E-state index >= 15 is 0 Å². The second-order valence-electron chi connectivity index (χ2n) is 10.8. The SMILES string of the molecule is CCC(C)C(=O)N[C@H]1CC[C@@]2(O)[C@H]3Cc4ccc(O)c5c4[C@@]2(CCN3CC2CC2)[C@H]1O5. The Morgan fingerprint density at radius 1 is 1.32 bits per heavy atom. The van der Waals surface area contributed by atoms with Crippen molar-refractivity contribution in [3.63, 3.8) is 0 Å². The Bertz CT molecular complexity index is 930. The van der Waals surface area contributed by atoms with E-state index in [0.717, 1.165) is 43.8 Å². The van der Waals surface area contributed by atoms with E-state index in [1.807, 2.05) is 19.9 Å². The molecule has 0 aromatic heterocycles. The maximum Gasteiger partial charge on any atom is 0.223 e. The van der Waals surface area contributed by atoms with Crippen LogP contribution in [0.4, 0.5) is 0 Å². The number of aliphatic hydroxyl groups is 1. The highest BCUT2D eigenvalue weighted by atomic mass is 16.5. The first-order valence-corrected chi connectivity index (χ1v) is 12.2. The molecule has 1 aromatic rings. The van der Waals surface area contributed by atoms with Gasteiger partial charge in [0.15, 0.2) is 11.5 Å². The van der Waals surface area contributed by atoms with Gasteiger partial charge in [-0.15, -0.1) is 0 Å². The number of piperidine rings is 1. The molecule has 3 N–H and O–H groups in total. The lowest BCUT2D eigenvalue weighted by atomic mass is 9.48. The number of phenolic OH excluding ortho intramolecular Hbond substituents is 1. The minimum absolute atomic E-state index is 0.0504. The molecule has 6 rings (SSSR count). The summed E-state index contributed by atoms with van der Waals surface area (Å²) < 4.78 is 6.49. The van der Waals surface area contributed by atoms with Gasteiger partial charge in [0.2, 0.25) is 5.91 Å². The molecule has 1 saturated heterocycles. The van der Waals surface area contributed by atoms with E-state index in [1.54, 1.807) is 6.07 Å². The van der Waals surface area contributed by atoms with Crippen molar-refractivity contribution in [2.24, 2.45) is 11.8 Å². The smallest absolute Gasteiger partial charge is 0.223 e. The van der Waals surface area contributed by atoms with Gasteiger partial charge in [-0.1, -0.05) is 19.9 Å². The average Bonchev–Trinajstić information content (AvgIpc) is 3.49. The molecule has 3 aliphatic carbocycles. The van der Waals surface area contributed by atoms with Crippen LogP contribution in [0.25, 0.3) is 0 Å². The van der Waals surface area contributed by atoms with Crippen LogP contribution in [-0.4, -0.2) is 57.9 Å². The van der Waals surface area contributed by atoms with Gasteiger partial charge in [0.1, 0.15) is 6.10 Å². The molecular weight excluding hydrogens is 392 g/mol. The number of nitrogens with zero attached hydrogens (tertiary/aromatic N) is 1. The number of carbonyl (C=O) groups is 1. The third-order valence-electron chi connectivity index (χ3n) is 9.15. The highest BCUT2D eigenvalue weighted by molar-refractivity contribution is 5.79. The fourth-order valence-electron chi connectivity index (χ4n) is 7.14. The molecule has 3 fully saturated rings. The fraction of sp³-hybridized carbons (Fsp3) is 0.720. The molecule has 2 saturated carbocycles. The Morgan fingerprint density at radius 3 is 2.87 bits per heavy atom. The van der Waals surface area contributed by atoms with Gasteiger partial charge in [-0.3, -0.25) is 9.69 Å². The Hall–Kier alpha value is -1.79. The molecule has 2 aliphatic heterocycles. The zero-order valence-corrected chi connectivity index (χ0v) is 18.6. The molecule has 31 heavy (non-hydrogen) atoms. The molecule has 5 aliphatic rings. The molecule has 6 heteroatoms. The second-order valence-corrected chi connectivity index (χ2v) is 10.8. The lowest BCUT2D eigenvalue weighted by Crippen LogP contribution is -2.78. The topological polar surface area (TPSA) is 82.0 Å². The Balaban J connectivity index is 1.44. The monoisotopic (exact) mass is 426 g/mol. The van der Waals surface area contributed by atoms with Crippen molar-refractivity contribution >= 4 is 5.91 Å². The van der Waals surface area contributed by atoms with E-state index in [0.29, 0.717) is 18.6 Å². The molecule has 1 amide bonds. The molecule has 6 atom stereocenters. The second kappa shape index (κ2) is 6.61. The van der Waals surface area contributed by atoms with Gasteiger partial charge < -0.3 is 20.3 Å². The summed E-state index contributed by atoms with van der Waals surface area (Å²) in [6, 6.07) is 3.67. The number of ether oxygens (including phenoxy) is 1. The van der Waals surface area contributed by atoms with E-state index in [4.69, 9.17) is 4.74 Å². The summed E-state index contributed by atoms with van der Waals surface area (Å²) in [6.45, 7) is 5.98. The van der Waals surface area contributed by atoms with Gasteiger partial charge in [0.05, 0.1) is 17.1 Å². The Kier molecular flexibility index (Phi) is 4.24. The van der Waals surface area contributed by atoms with E-state index in [1.165, 1.54) is 18.4 Å². The van der Waals surface area contributed by atoms with Crippen molar-refractivity contribution in [3.05, 3.63) is 23.3 Å². The fourth-order valence-corrected chi connectivity index (χ4v) is 7.14. The van der Waals surface area contributed by atoms with Crippen LogP contribution in [0.2, 0.25) is 0 Å². The molecule has 2 heterocycles. The summed E-state index contributed by atoms with van der Waals surface area (Å²) in [5.74, 6) is 1.47. The minimum atomic E-state index is -0.894. The normalized spacial score (nSPS) is 38.9. The summed E-state index contributed by atoms with van der Waals surface area (Å²) in [6.07, 6.45) is 6.01. The Labute approximate surface area is 184 Å². The number of rotatable bonds is 5. The standard InChI is InChI=1S/C25H34N2O4/c1-3-14(2)23(29)26-17-8-9-25(30)19-12-16-6-7-18(28)21-20(16)24(25,22(17)31-21)10-11-27(19)13-15-4-5-15/h6-7,14-15,17,19,22,28,30H,3-5,8-13H2,1-2H3,(H,26,29)/t14?,17-,19+,22-,24-,25+/m0/s1. The number of hydrogen-bond donors (Lipinski definition) is 3. The maximum atomic E-state index is 12.8. The summed E-state index contributed by atoms with van der Waals surface area (Å²) in [5, 5.41) is 26.3. The highest BCUT2D eigenvalue weighted by Gasteiger charge is 2.73. The van der Waals surface area contributed by atoms with Gasteiger partial charge in [-0.25, -0.2) is 0 Å². The van der Waals surface area contributed by atoms with Crippen LogP contribution in [0.1, 0.15) is 63.5 Å². The predicted molar refractivity (Wildman–Crippen MR) is 116 cm³/mol. The van der Waals surface area contributed by atoms with Crippen LogP contribution >= 0.6 is 0 Å². The molecule has 6 nitrogen and oxygen atoms in total. The first-order chi connectivity index (χ1) is 14.9. The summed E-state index contributed by atoms with van der Waals surface area (Å²) >= 11 is 0. The van der Waals surface area contributed by atoms with Crippen LogP contribution < -0.4 is 10.1 Å². The summed E-state index contributed by atoms with van der Waals surface area (Å²) in [7, 11) is 0. The van der Waals surface area contributed by atoms with Gasteiger partial charge in [-0.05, 0) is 69.0 Å². The van der Waals surface area contributed by atoms with Gasteiger partial charge in [0, 0.05) is 24.1 Å². The first-order valence-electron chi connectivity index (χ1n) is 12.2. The number of carbonyl (C=O) groups excluding carboxylic acids is 1. The summed E-state index contributed by atoms with van der Waals surface area (Å²) in [4.78, 5) is 15.3.